The van der Waals surface area contributed by atoms with Crippen molar-refractivity contribution in [3.63, 3.8) is 0 Å². The minimum absolute atomic E-state index is 0.880. The smallest absolute Gasteiger partial charge is 0.119 e. The second-order valence-electron chi connectivity index (χ2n) is 4.58. The molecule has 1 N–H and O–H groups in total. The molecule has 3 heteroatoms. The fraction of sp³-hybridized carbons (Fsp3) is 0.400. The van der Waals surface area contributed by atoms with E-state index in [-0.39, 0.29) is 0 Å². The van der Waals surface area contributed by atoms with Gasteiger partial charge in [0.15, 0.2) is 0 Å². The first-order valence-corrected chi connectivity index (χ1v) is 6.35. The van der Waals surface area contributed by atoms with Crippen LogP contribution in [-0.2, 0) is 0 Å². The summed E-state index contributed by atoms with van der Waals surface area (Å²) in [4.78, 5) is 4.62. The third-order valence-electron chi connectivity index (χ3n) is 3.01. The lowest BCUT2D eigenvalue weighted by Crippen LogP contribution is -2.02. The van der Waals surface area contributed by atoms with Gasteiger partial charge in [0, 0.05) is 23.3 Å². The van der Waals surface area contributed by atoms with E-state index in [1.165, 1.54) is 0 Å². The van der Waals surface area contributed by atoms with Crippen molar-refractivity contribution >= 4 is 16.6 Å². The van der Waals surface area contributed by atoms with E-state index in [0.717, 1.165) is 46.6 Å². The van der Waals surface area contributed by atoms with Crippen LogP contribution in [0, 0.1) is 13.8 Å². The maximum atomic E-state index is 5.34. The van der Waals surface area contributed by atoms with Gasteiger partial charge in [0.1, 0.15) is 5.75 Å². The van der Waals surface area contributed by atoms with Gasteiger partial charge in [0.2, 0.25) is 0 Å². The molecule has 0 fully saturated rings. The normalized spacial score (nSPS) is 10.7. The minimum atomic E-state index is 0.880. The van der Waals surface area contributed by atoms with Crippen LogP contribution in [0.1, 0.15) is 24.6 Å². The van der Waals surface area contributed by atoms with E-state index in [2.05, 4.69) is 30.2 Å². The van der Waals surface area contributed by atoms with Gasteiger partial charge in [0.05, 0.1) is 12.6 Å². The van der Waals surface area contributed by atoms with E-state index >= 15 is 0 Å². The van der Waals surface area contributed by atoms with Crippen LogP contribution in [-0.4, -0.2) is 18.6 Å². The highest BCUT2D eigenvalue weighted by atomic mass is 16.5. The Morgan fingerprint density at radius 1 is 1.22 bits per heavy atom. The number of hydrogen-bond donors (Lipinski definition) is 1. The number of ether oxygens (including phenoxy) is 1. The third kappa shape index (κ3) is 2.40. The number of hydrogen-bond acceptors (Lipinski definition) is 3. The van der Waals surface area contributed by atoms with Gasteiger partial charge in [0.25, 0.3) is 0 Å². The summed E-state index contributed by atoms with van der Waals surface area (Å²) in [6, 6.07) is 6.17. The second kappa shape index (κ2) is 5.25. The predicted octanol–water partition coefficient (Wildman–Crippen LogP) is 3.68. The van der Waals surface area contributed by atoms with Crippen LogP contribution >= 0.6 is 0 Å². The quantitative estimate of drug-likeness (QED) is 0.890. The highest BCUT2D eigenvalue weighted by Gasteiger charge is 2.08. The molecular weight excluding hydrogens is 224 g/mol. The summed E-state index contributed by atoms with van der Waals surface area (Å²) in [5, 5.41) is 4.59. The van der Waals surface area contributed by atoms with E-state index in [1.807, 2.05) is 19.1 Å². The Balaban J connectivity index is 2.63. The summed E-state index contributed by atoms with van der Waals surface area (Å²) in [6.45, 7) is 7.23. The molecule has 1 aromatic heterocycles. The summed E-state index contributed by atoms with van der Waals surface area (Å²) < 4.78 is 5.34. The van der Waals surface area contributed by atoms with Crippen molar-refractivity contribution in [1.82, 2.24) is 4.98 Å². The number of aryl methyl sites for hydroxylation is 2. The zero-order valence-electron chi connectivity index (χ0n) is 11.5. The van der Waals surface area contributed by atoms with Crippen LogP contribution in [0.4, 0.5) is 5.69 Å². The van der Waals surface area contributed by atoms with Gasteiger partial charge in [-0.1, -0.05) is 6.92 Å². The number of anilines is 1. The Labute approximate surface area is 108 Å². The highest BCUT2D eigenvalue weighted by molar-refractivity contribution is 5.94. The first-order valence-electron chi connectivity index (χ1n) is 6.35. The van der Waals surface area contributed by atoms with Crippen molar-refractivity contribution < 1.29 is 4.74 Å². The van der Waals surface area contributed by atoms with E-state index in [9.17, 15) is 0 Å². The average Bonchev–Trinajstić information content (AvgIpc) is 2.36. The first-order chi connectivity index (χ1) is 8.65. The van der Waals surface area contributed by atoms with Crippen LogP contribution in [0.5, 0.6) is 5.75 Å². The number of fused-ring (bicyclic) bond motifs is 1. The molecule has 1 aromatic carbocycles. The largest absolute Gasteiger partial charge is 0.497 e. The summed E-state index contributed by atoms with van der Waals surface area (Å²) in [5.41, 5.74) is 4.37. The number of nitrogens with one attached hydrogen (secondary N) is 1. The molecule has 0 saturated carbocycles. The predicted molar refractivity (Wildman–Crippen MR) is 76.5 cm³/mol. The number of rotatable bonds is 4. The lowest BCUT2D eigenvalue weighted by atomic mass is 10.1. The van der Waals surface area contributed by atoms with E-state index in [1.54, 1.807) is 7.11 Å². The molecule has 2 aromatic rings. The molecule has 0 amide bonds. The van der Waals surface area contributed by atoms with Crippen LogP contribution in [0.2, 0.25) is 0 Å². The Morgan fingerprint density at radius 2 is 2.00 bits per heavy atom. The van der Waals surface area contributed by atoms with Crippen molar-refractivity contribution in [2.75, 3.05) is 19.0 Å². The second-order valence-corrected chi connectivity index (χ2v) is 4.58. The average molecular weight is 244 g/mol. The maximum absolute atomic E-state index is 5.34. The molecule has 0 spiro atoms. The molecule has 0 atom stereocenters. The van der Waals surface area contributed by atoms with Gasteiger partial charge in [-0.25, -0.2) is 0 Å². The molecule has 0 radical (unpaired) electrons. The summed E-state index contributed by atoms with van der Waals surface area (Å²) in [7, 11) is 1.70. The molecule has 0 saturated heterocycles. The SMILES string of the molecule is CCCNc1cc(C)nc2c(C)cc(OC)cc12. The lowest BCUT2D eigenvalue weighted by molar-refractivity contribution is 0.415. The molecule has 96 valence electrons. The number of aromatic nitrogens is 1. The van der Waals surface area contributed by atoms with Crippen molar-refractivity contribution in [1.29, 1.82) is 0 Å². The number of nitrogens with zero attached hydrogens (tertiary/aromatic N) is 1. The Hall–Kier alpha value is -1.77. The van der Waals surface area contributed by atoms with E-state index in [0.29, 0.717) is 0 Å². The van der Waals surface area contributed by atoms with E-state index < -0.39 is 0 Å². The fourth-order valence-electron chi connectivity index (χ4n) is 2.12. The molecule has 0 unspecified atom stereocenters. The zero-order valence-corrected chi connectivity index (χ0v) is 11.5. The number of pyridine rings is 1. The van der Waals surface area contributed by atoms with Gasteiger partial charge in [-0.15, -0.1) is 0 Å². The lowest BCUT2D eigenvalue weighted by Gasteiger charge is -2.13. The van der Waals surface area contributed by atoms with Crippen molar-refractivity contribution in [3.8, 4) is 5.75 Å². The van der Waals surface area contributed by atoms with Crippen molar-refractivity contribution in [3.05, 3.63) is 29.5 Å². The van der Waals surface area contributed by atoms with Crippen LogP contribution < -0.4 is 10.1 Å². The summed E-state index contributed by atoms with van der Waals surface area (Å²) in [6.07, 6.45) is 1.10. The van der Waals surface area contributed by atoms with Gasteiger partial charge in [-0.05, 0) is 44.0 Å². The Kier molecular flexibility index (Phi) is 3.70. The minimum Gasteiger partial charge on any atom is -0.497 e. The van der Waals surface area contributed by atoms with E-state index in [4.69, 9.17) is 4.74 Å². The summed E-state index contributed by atoms with van der Waals surface area (Å²) in [5.74, 6) is 0.880. The molecule has 3 nitrogen and oxygen atoms in total. The van der Waals surface area contributed by atoms with Gasteiger partial charge >= 0.3 is 0 Å². The van der Waals surface area contributed by atoms with Crippen LogP contribution in [0.25, 0.3) is 10.9 Å². The summed E-state index contributed by atoms with van der Waals surface area (Å²) >= 11 is 0. The van der Waals surface area contributed by atoms with Crippen molar-refractivity contribution in [2.24, 2.45) is 0 Å². The topological polar surface area (TPSA) is 34.2 Å². The number of benzene rings is 1. The van der Waals surface area contributed by atoms with Gasteiger partial charge < -0.3 is 10.1 Å². The van der Waals surface area contributed by atoms with Crippen LogP contribution in [0.3, 0.4) is 0 Å². The molecule has 0 aliphatic heterocycles. The van der Waals surface area contributed by atoms with Gasteiger partial charge in [-0.2, -0.15) is 0 Å². The number of methoxy groups -OCH3 is 1. The first kappa shape index (κ1) is 12.7. The fourth-order valence-corrected chi connectivity index (χ4v) is 2.12. The Morgan fingerprint density at radius 3 is 2.67 bits per heavy atom. The van der Waals surface area contributed by atoms with Crippen LogP contribution in [0.15, 0.2) is 18.2 Å². The molecule has 18 heavy (non-hydrogen) atoms. The highest BCUT2D eigenvalue weighted by Crippen LogP contribution is 2.29. The molecular formula is C15H20N2O. The maximum Gasteiger partial charge on any atom is 0.119 e. The molecule has 0 aliphatic rings. The molecule has 0 bridgehead atoms. The molecule has 2 rings (SSSR count). The van der Waals surface area contributed by atoms with Crippen molar-refractivity contribution in [2.45, 2.75) is 27.2 Å². The molecule has 0 aliphatic carbocycles. The third-order valence-corrected chi connectivity index (χ3v) is 3.01. The van der Waals surface area contributed by atoms with Gasteiger partial charge in [-0.3, -0.25) is 4.98 Å². The zero-order chi connectivity index (χ0) is 13.1. The monoisotopic (exact) mass is 244 g/mol. The Bertz CT molecular complexity index is 564. The molecule has 1 heterocycles. The standard InChI is InChI=1S/C15H20N2O/c1-5-6-16-14-8-11(3)17-15-10(2)7-12(18-4)9-13(14)15/h7-9H,5-6H2,1-4H3,(H,16,17).